The van der Waals surface area contributed by atoms with Gasteiger partial charge in [0, 0.05) is 11.8 Å². The molecule has 0 radical (unpaired) electrons. The predicted octanol–water partition coefficient (Wildman–Crippen LogP) is 3.36. The molecule has 6 nitrogen and oxygen atoms in total. The highest BCUT2D eigenvalue weighted by Gasteiger charge is 2.19. The van der Waals surface area contributed by atoms with Gasteiger partial charge >= 0.3 is 0 Å². The van der Waals surface area contributed by atoms with Crippen molar-refractivity contribution < 1.29 is 13.6 Å². The fraction of sp³-hybridized carbons (Fsp3) is 0.0952. The van der Waals surface area contributed by atoms with Crippen molar-refractivity contribution in [2.24, 2.45) is 0 Å². The molecule has 4 rings (SSSR count). The molecule has 1 amide bonds. The van der Waals surface area contributed by atoms with Gasteiger partial charge in [0.25, 0.3) is 5.56 Å². The van der Waals surface area contributed by atoms with Crippen LogP contribution in [0.1, 0.15) is 5.76 Å². The smallest absolute Gasteiger partial charge is 0.261 e. The van der Waals surface area contributed by atoms with Gasteiger partial charge in [0.05, 0.1) is 30.0 Å². The Morgan fingerprint density at radius 1 is 1.11 bits per heavy atom. The van der Waals surface area contributed by atoms with Gasteiger partial charge in [-0.25, -0.2) is 9.37 Å². The zero-order valence-electron chi connectivity index (χ0n) is 14.8. The zero-order chi connectivity index (χ0) is 19.5. The summed E-state index contributed by atoms with van der Waals surface area (Å²) in [6, 6.07) is 16.4. The summed E-state index contributed by atoms with van der Waals surface area (Å²) in [5.74, 6) is -0.147. The van der Waals surface area contributed by atoms with Crippen molar-refractivity contribution in [3.8, 4) is 0 Å². The Labute approximate surface area is 159 Å². The van der Waals surface area contributed by atoms with Crippen molar-refractivity contribution in [3.05, 3.63) is 95.2 Å². The maximum atomic E-state index is 13.3. The van der Waals surface area contributed by atoms with E-state index in [0.29, 0.717) is 11.4 Å². The molecule has 0 fully saturated rings. The number of furan rings is 1. The fourth-order valence-corrected chi connectivity index (χ4v) is 2.96. The lowest BCUT2D eigenvalue weighted by molar-refractivity contribution is -0.119. The summed E-state index contributed by atoms with van der Waals surface area (Å²) in [6.07, 6.45) is 2.80. The van der Waals surface area contributed by atoms with Crippen LogP contribution in [0, 0.1) is 5.82 Å². The molecule has 2 aromatic carbocycles. The first kappa shape index (κ1) is 17.7. The summed E-state index contributed by atoms with van der Waals surface area (Å²) < 4.78 is 19.9. The van der Waals surface area contributed by atoms with Gasteiger partial charge in [-0.2, -0.15) is 0 Å². The molecular formula is C21H16FN3O3. The van der Waals surface area contributed by atoms with Crippen LogP contribution in [0.25, 0.3) is 10.9 Å². The van der Waals surface area contributed by atoms with Crippen LogP contribution in [-0.2, 0) is 17.9 Å². The number of nitrogens with zero attached hydrogens (tertiary/aromatic N) is 3. The average Bonchev–Trinajstić information content (AvgIpc) is 3.22. The van der Waals surface area contributed by atoms with Crippen molar-refractivity contribution >= 4 is 22.5 Å². The molecular weight excluding hydrogens is 361 g/mol. The van der Waals surface area contributed by atoms with E-state index in [2.05, 4.69) is 4.98 Å². The number of halogens is 1. The highest BCUT2D eigenvalue weighted by atomic mass is 19.1. The monoisotopic (exact) mass is 377 g/mol. The molecule has 140 valence electrons. The third kappa shape index (κ3) is 3.55. The highest BCUT2D eigenvalue weighted by Crippen LogP contribution is 2.18. The van der Waals surface area contributed by atoms with Crippen molar-refractivity contribution in [1.29, 1.82) is 0 Å². The summed E-state index contributed by atoms with van der Waals surface area (Å²) in [7, 11) is 0. The number of rotatable bonds is 5. The molecule has 4 aromatic rings. The van der Waals surface area contributed by atoms with Gasteiger partial charge in [0.15, 0.2) is 0 Å². The molecule has 0 spiro atoms. The summed E-state index contributed by atoms with van der Waals surface area (Å²) in [5.41, 5.74) is 0.543. The maximum Gasteiger partial charge on any atom is 0.261 e. The van der Waals surface area contributed by atoms with E-state index in [-0.39, 0.29) is 29.9 Å². The number of para-hydroxylation sites is 1. The number of benzene rings is 2. The number of carbonyl (C=O) groups is 1. The van der Waals surface area contributed by atoms with E-state index in [1.54, 1.807) is 23.3 Å². The normalized spacial score (nSPS) is 10.9. The zero-order valence-corrected chi connectivity index (χ0v) is 14.8. The van der Waals surface area contributed by atoms with Crippen molar-refractivity contribution in [1.82, 2.24) is 9.55 Å². The minimum absolute atomic E-state index is 0.200. The van der Waals surface area contributed by atoms with E-state index < -0.39 is 11.4 Å². The number of amides is 1. The highest BCUT2D eigenvalue weighted by molar-refractivity contribution is 5.93. The van der Waals surface area contributed by atoms with Crippen LogP contribution < -0.4 is 10.5 Å². The number of fused-ring (bicyclic) bond motifs is 1. The lowest BCUT2D eigenvalue weighted by Crippen LogP contribution is -2.36. The van der Waals surface area contributed by atoms with Crippen LogP contribution in [0.3, 0.4) is 0 Å². The van der Waals surface area contributed by atoms with E-state index in [9.17, 15) is 14.0 Å². The maximum absolute atomic E-state index is 13.3. The Kier molecular flexibility index (Phi) is 4.72. The lowest BCUT2D eigenvalue weighted by Gasteiger charge is -2.22. The minimum atomic E-state index is -0.470. The standard InChI is InChI=1S/C21H16FN3O3/c22-15-8-9-18-19(11-15)23-14-24(21(18)27)13-20(26)25(12-17-7-4-10-28-17)16-5-2-1-3-6-16/h1-11,14H,12-13H2. The molecule has 2 aromatic heterocycles. The first-order valence-electron chi connectivity index (χ1n) is 8.64. The van der Waals surface area contributed by atoms with Crippen molar-refractivity contribution in [3.63, 3.8) is 0 Å². The van der Waals surface area contributed by atoms with E-state index in [1.807, 2.05) is 30.3 Å². The Hall–Kier alpha value is -3.74. The van der Waals surface area contributed by atoms with E-state index >= 15 is 0 Å². The second kappa shape index (κ2) is 7.48. The molecule has 0 bridgehead atoms. The van der Waals surface area contributed by atoms with Gasteiger partial charge in [0.2, 0.25) is 5.91 Å². The van der Waals surface area contributed by atoms with Crippen LogP contribution >= 0.6 is 0 Å². The number of hydrogen-bond donors (Lipinski definition) is 0. The molecule has 0 saturated heterocycles. The first-order chi connectivity index (χ1) is 13.6. The van der Waals surface area contributed by atoms with Crippen LogP contribution in [0.4, 0.5) is 10.1 Å². The lowest BCUT2D eigenvalue weighted by atomic mass is 10.2. The van der Waals surface area contributed by atoms with E-state index in [4.69, 9.17) is 4.42 Å². The molecule has 0 atom stereocenters. The quantitative estimate of drug-likeness (QED) is 0.535. The molecule has 0 unspecified atom stereocenters. The number of anilines is 1. The van der Waals surface area contributed by atoms with Crippen LogP contribution in [0.5, 0.6) is 0 Å². The summed E-state index contributed by atoms with van der Waals surface area (Å²) in [6.45, 7) is 0.0333. The van der Waals surface area contributed by atoms with Gasteiger partial charge in [0.1, 0.15) is 18.1 Å². The molecule has 0 aliphatic rings. The summed E-state index contributed by atoms with van der Waals surface area (Å²) in [5, 5.41) is 0.258. The Bertz CT molecular complexity index is 1170. The number of carbonyl (C=O) groups excluding carboxylic acids is 1. The van der Waals surface area contributed by atoms with Gasteiger partial charge in [-0.05, 0) is 36.4 Å². The SMILES string of the molecule is O=C(Cn1cnc2cc(F)ccc2c1=O)N(Cc1ccco1)c1ccccc1. The second-order valence-corrected chi connectivity index (χ2v) is 6.23. The van der Waals surface area contributed by atoms with Crippen LogP contribution in [-0.4, -0.2) is 15.5 Å². The molecule has 7 heteroatoms. The number of aromatic nitrogens is 2. The molecule has 28 heavy (non-hydrogen) atoms. The van der Waals surface area contributed by atoms with Gasteiger partial charge < -0.3 is 9.32 Å². The van der Waals surface area contributed by atoms with E-state index in [0.717, 1.165) is 0 Å². The third-order valence-corrected chi connectivity index (χ3v) is 4.36. The first-order valence-corrected chi connectivity index (χ1v) is 8.64. The molecule has 0 N–H and O–H groups in total. The fourth-order valence-electron chi connectivity index (χ4n) is 2.96. The van der Waals surface area contributed by atoms with Crippen molar-refractivity contribution in [2.75, 3.05) is 4.90 Å². The van der Waals surface area contributed by atoms with Crippen LogP contribution in [0.15, 0.2) is 82.5 Å². The largest absolute Gasteiger partial charge is 0.467 e. The van der Waals surface area contributed by atoms with Gasteiger partial charge in [-0.3, -0.25) is 14.2 Å². The molecule has 0 aliphatic heterocycles. The molecule has 2 heterocycles. The van der Waals surface area contributed by atoms with Crippen LogP contribution in [0.2, 0.25) is 0 Å². The molecule has 0 saturated carbocycles. The van der Waals surface area contributed by atoms with Gasteiger partial charge in [-0.15, -0.1) is 0 Å². The average molecular weight is 377 g/mol. The summed E-state index contributed by atoms with van der Waals surface area (Å²) in [4.78, 5) is 31.3. The van der Waals surface area contributed by atoms with Crippen molar-refractivity contribution in [2.45, 2.75) is 13.1 Å². The third-order valence-electron chi connectivity index (χ3n) is 4.36. The molecule has 0 aliphatic carbocycles. The minimum Gasteiger partial charge on any atom is -0.467 e. The topological polar surface area (TPSA) is 68.3 Å². The van der Waals surface area contributed by atoms with E-state index in [1.165, 1.54) is 29.1 Å². The Morgan fingerprint density at radius 2 is 1.93 bits per heavy atom. The van der Waals surface area contributed by atoms with Gasteiger partial charge in [-0.1, -0.05) is 18.2 Å². The predicted molar refractivity (Wildman–Crippen MR) is 102 cm³/mol. The summed E-state index contributed by atoms with van der Waals surface area (Å²) >= 11 is 0. The Morgan fingerprint density at radius 3 is 2.68 bits per heavy atom. The number of hydrogen-bond acceptors (Lipinski definition) is 4. The Balaban J connectivity index is 1.66. The second-order valence-electron chi connectivity index (χ2n) is 6.23.